The van der Waals surface area contributed by atoms with Crippen molar-refractivity contribution in [2.24, 2.45) is 5.73 Å². The SMILES string of the molecule is COc1ccc(-c2ccc(N3CCC(N)C3)nn2)cc1. The highest BCUT2D eigenvalue weighted by molar-refractivity contribution is 5.60. The summed E-state index contributed by atoms with van der Waals surface area (Å²) in [7, 11) is 1.66. The van der Waals surface area contributed by atoms with Crippen LogP contribution in [-0.2, 0) is 0 Å². The van der Waals surface area contributed by atoms with Crippen LogP contribution >= 0.6 is 0 Å². The summed E-state index contributed by atoms with van der Waals surface area (Å²) in [5.74, 6) is 1.74. The topological polar surface area (TPSA) is 64.3 Å². The molecule has 5 nitrogen and oxygen atoms in total. The number of nitrogens with two attached hydrogens (primary N) is 1. The molecular formula is C15H18N4O. The lowest BCUT2D eigenvalue weighted by atomic mass is 10.1. The normalized spacial score (nSPS) is 18.3. The first kappa shape index (κ1) is 12.9. The Morgan fingerprint density at radius 1 is 1.15 bits per heavy atom. The van der Waals surface area contributed by atoms with Crippen LogP contribution < -0.4 is 15.4 Å². The number of aromatic nitrogens is 2. The molecule has 0 amide bonds. The quantitative estimate of drug-likeness (QED) is 0.919. The van der Waals surface area contributed by atoms with E-state index in [9.17, 15) is 0 Å². The first-order chi connectivity index (χ1) is 9.76. The molecule has 0 radical (unpaired) electrons. The number of methoxy groups -OCH3 is 1. The zero-order valence-corrected chi connectivity index (χ0v) is 11.5. The lowest BCUT2D eigenvalue weighted by molar-refractivity contribution is 0.415. The maximum Gasteiger partial charge on any atom is 0.151 e. The molecule has 20 heavy (non-hydrogen) atoms. The van der Waals surface area contributed by atoms with E-state index in [1.807, 2.05) is 36.4 Å². The summed E-state index contributed by atoms with van der Waals surface area (Å²) >= 11 is 0. The molecule has 0 spiro atoms. The van der Waals surface area contributed by atoms with Gasteiger partial charge in [-0.1, -0.05) is 0 Å². The van der Waals surface area contributed by atoms with E-state index in [0.717, 1.165) is 42.3 Å². The van der Waals surface area contributed by atoms with E-state index >= 15 is 0 Å². The smallest absolute Gasteiger partial charge is 0.151 e. The Balaban J connectivity index is 1.78. The standard InChI is InChI=1S/C15H18N4O/c1-20-13-4-2-11(3-5-13)14-6-7-15(18-17-14)19-9-8-12(16)10-19/h2-7,12H,8-10,16H2,1H3. The third-order valence-corrected chi connectivity index (χ3v) is 3.58. The van der Waals surface area contributed by atoms with Gasteiger partial charge in [-0.15, -0.1) is 10.2 Å². The molecule has 1 aromatic carbocycles. The van der Waals surface area contributed by atoms with Gasteiger partial charge in [-0.3, -0.25) is 0 Å². The summed E-state index contributed by atoms with van der Waals surface area (Å²) in [6, 6.07) is 12.0. The van der Waals surface area contributed by atoms with Gasteiger partial charge in [-0.2, -0.15) is 0 Å². The van der Waals surface area contributed by atoms with E-state index in [4.69, 9.17) is 10.5 Å². The second-order valence-corrected chi connectivity index (χ2v) is 5.00. The molecule has 3 rings (SSSR count). The first-order valence-corrected chi connectivity index (χ1v) is 6.75. The zero-order chi connectivity index (χ0) is 13.9. The highest BCUT2D eigenvalue weighted by Crippen LogP contribution is 2.22. The zero-order valence-electron chi connectivity index (χ0n) is 11.5. The van der Waals surface area contributed by atoms with Crippen molar-refractivity contribution in [2.45, 2.75) is 12.5 Å². The minimum atomic E-state index is 0.248. The van der Waals surface area contributed by atoms with Crippen molar-refractivity contribution in [3.8, 4) is 17.0 Å². The maximum absolute atomic E-state index is 5.91. The van der Waals surface area contributed by atoms with Gasteiger partial charge < -0.3 is 15.4 Å². The summed E-state index contributed by atoms with van der Waals surface area (Å²) < 4.78 is 5.15. The minimum Gasteiger partial charge on any atom is -0.497 e. The average Bonchev–Trinajstić information content (AvgIpc) is 2.94. The highest BCUT2D eigenvalue weighted by atomic mass is 16.5. The molecule has 1 aromatic heterocycles. The lowest BCUT2D eigenvalue weighted by Crippen LogP contribution is -2.27. The summed E-state index contributed by atoms with van der Waals surface area (Å²) in [5.41, 5.74) is 7.80. The summed E-state index contributed by atoms with van der Waals surface area (Å²) in [5, 5.41) is 8.60. The third-order valence-electron chi connectivity index (χ3n) is 3.58. The minimum absolute atomic E-state index is 0.248. The van der Waals surface area contributed by atoms with Crippen molar-refractivity contribution >= 4 is 5.82 Å². The van der Waals surface area contributed by atoms with Gasteiger partial charge in [0, 0.05) is 24.7 Å². The first-order valence-electron chi connectivity index (χ1n) is 6.75. The molecule has 5 heteroatoms. The van der Waals surface area contributed by atoms with Crippen molar-refractivity contribution < 1.29 is 4.74 Å². The fourth-order valence-corrected chi connectivity index (χ4v) is 2.41. The van der Waals surface area contributed by atoms with Crippen molar-refractivity contribution in [3.05, 3.63) is 36.4 Å². The fraction of sp³-hybridized carbons (Fsp3) is 0.333. The van der Waals surface area contributed by atoms with Crippen molar-refractivity contribution in [1.82, 2.24) is 10.2 Å². The van der Waals surface area contributed by atoms with Gasteiger partial charge in [0.15, 0.2) is 5.82 Å². The molecule has 2 N–H and O–H groups in total. The molecule has 2 aromatic rings. The van der Waals surface area contributed by atoms with Crippen LogP contribution in [0.1, 0.15) is 6.42 Å². The fourth-order valence-electron chi connectivity index (χ4n) is 2.41. The molecule has 0 aliphatic carbocycles. The molecule has 1 aliphatic heterocycles. The molecule has 1 unspecified atom stereocenters. The largest absolute Gasteiger partial charge is 0.497 e. The Bertz CT molecular complexity index is 567. The van der Waals surface area contributed by atoms with Gasteiger partial charge in [0.2, 0.25) is 0 Å². The van der Waals surface area contributed by atoms with Gasteiger partial charge in [-0.05, 0) is 42.8 Å². The Morgan fingerprint density at radius 3 is 2.50 bits per heavy atom. The van der Waals surface area contributed by atoms with Crippen molar-refractivity contribution in [2.75, 3.05) is 25.1 Å². The summed E-state index contributed by atoms with van der Waals surface area (Å²) in [6.07, 6.45) is 1.02. The number of benzene rings is 1. The van der Waals surface area contributed by atoms with Gasteiger partial charge in [0.05, 0.1) is 12.8 Å². The lowest BCUT2D eigenvalue weighted by Gasteiger charge is -2.15. The van der Waals surface area contributed by atoms with Crippen LogP contribution in [0.2, 0.25) is 0 Å². The van der Waals surface area contributed by atoms with E-state index in [-0.39, 0.29) is 6.04 Å². The Hall–Kier alpha value is -2.14. The van der Waals surface area contributed by atoms with Crippen LogP contribution in [0.3, 0.4) is 0 Å². The predicted octanol–water partition coefficient (Wildman–Crippen LogP) is 1.69. The second-order valence-electron chi connectivity index (χ2n) is 5.00. The van der Waals surface area contributed by atoms with Gasteiger partial charge in [0.25, 0.3) is 0 Å². The average molecular weight is 270 g/mol. The number of nitrogens with zero attached hydrogens (tertiary/aromatic N) is 3. The van der Waals surface area contributed by atoms with Crippen LogP contribution in [0, 0.1) is 0 Å². The van der Waals surface area contributed by atoms with Crippen LogP contribution in [0.4, 0.5) is 5.82 Å². The third kappa shape index (κ3) is 2.58. The van der Waals surface area contributed by atoms with Crippen molar-refractivity contribution in [1.29, 1.82) is 0 Å². The molecular weight excluding hydrogens is 252 g/mol. The second kappa shape index (κ2) is 5.46. The van der Waals surface area contributed by atoms with Crippen LogP contribution in [0.15, 0.2) is 36.4 Å². The molecule has 0 bridgehead atoms. The number of anilines is 1. The van der Waals surface area contributed by atoms with E-state index < -0.39 is 0 Å². The Labute approximate surface area is 118 Å². The van der Waals surface area contributed by atoms with Crippen molar-refractivity contribution in [3.63, 3.8) is 0 Å². The van der Waals surface area contributed by atoms with E-state index in [1.165, 1.54) is 0 Å². The van der Waals surface area contributed by atoms with E-state index in [1.54, 1.807) is 7.11 Å². The molecule has 104 valence electrons. The molecule has 1 atom stereocenters. The highest BCUT2D eigenvalue weighted by Gasteiger charge is 2.20. The predicted molar refractivity (Wildman–Crippen MR) is 78.8 cm³/mol. The number of ether oxygens (including phenoxy) is 1. The molecule has 2 heterocycles. The molecule has 1 aliphatic rings. The number of rotatable bonds is 3. The number of hydrogen-bond donors (Lipinski definition) is 1. The van der Waals surface area contributed by atoms with E-state index in [2.05, 4.69) is 15.1 Å². The monoisotopic (exact) mass is 270 g/mol. The summed E-state index contributed by atoms with van der Waals surface area (Å²) in [4.78, 5) is 2.18. The van der Waals surface area contributed by atoms with Crippen LogP contribution in [0.25, 0.3) is 11.3 Å². The van der Waals surface area contributed by atoms with Crippen LogP contribution in [-0.4, -0.2) is 36.4 Å². The molecule has 0 saturated carbocycles. The van der Waals surface area contributed by atoms with Crippen LogP contribution in [0.5, 0.6) is 5.75 Å². The molecule has 1 saturated heterocycles. The Morgan fingerprint density at radius 2 is 1.95 bits per heavy atom. The molecule has 1 fully saturated rings. The van der Waals surface area contributed by atoms with Gasteiger partial charge in [0.1, 0.15) is 5.75 Å². The van der Waals surface area contributed by atoms with E-state index in [0.29, 0.717) is 0 Å². The number of hydrogen-bond acceptors (Lipinski definition) is 5. The van der Waals surface area contributed by atoms with Gasteiger partial charge in [-0.25, -0.2) is 0 Å². The maximum atomic E-state index is 5.91. The summed E-state index contributed by atoms with van der Waals surface area (Å²) in [6.45, 7) is 1.81. The Kier molecular flexibility index (Phi) is 3.52. The van der Waals surface area contributed by atoms with Gasteiger partial charge >= 0.3 is 0 Å².